The lowest BCUT2D eigenvalue weighted by atomic mass is 9.48. The highest BCUT2D eigenvalue weighted by atomic mass is 19.1. The van der Waals surface area contributed by atoms with Crippen LogP contribution in [-0.4, -0.2) is 6.04 Å². The zero-order chi connectivity index (χ0) is 14.6. The monoisotopic (exact) mass is 291 g/mol. The minimum Gasteiger partial charge on any atom is -0.380 e. The maximum Gasteiger partial charge on any atom is 0.146 e. The molecule has 4 fully saturated rings. The summed E-state index contributed by atoms with van der Waals surface area (Å²) in [4.78, 5) is 0. The van der Waals surface area contributed by atoms with Gasteiger partial charge in [-0.05, 0) is 86.8 Å². The maximum atomic E-state index is 13.9. The van der Waals surface area contributed by atoms with E-state index in [1.807, 2.05) is 0 Å². The Morgan fingerprint density at radius 1 is 1.05 bits per heavy atom. The van der Waals surface area contributed by atoms with Crippen LogP contribution in [0.2, 0.25) is 0 Å². The van der Waals surface area contributed by atoms with Crippen LogP contribution in [-0.2, 0) is 0 Å². The van der Waals surface area contributed by atoms with E-state index in [2.05, 4.69) is 12.2 Å². The highest BCUT2D eigenvalue weighted by molar-refractivity contribution is 5.46. The smallest absolute Gasteiger partial charge is 0.146 e. The number of hydrogen-bond acceptors (Lipinski definition) is 1. The minimum absolute atomic E-state index is 0.210. The summed E-state index contributed by atoms with van der Waals surface area (Å²) in [6, 6.07) is 3.88. The molecule has 0 spiro atoms. The average Bonchev–Trinajstić information content (AvgIpc) is 2.41. The molecule has 0 aliphatic heterocycles. The first-order valence-electron chi connectivity index (χ1n) is 8.26. The summed E-state index contributed by atoms with van der Waals surface area (Å²) in [6.07, 6.45) is 8.01. The number of halogens is 2. The summed E-state index contributed by atoms with van der Waals surface area (Å²) in [7, 11) is 0. The lowest BCUT2D eigenvalue weighted by molar-refractivity contribution is -0.0602. The highest BCUT2D eigenvalue weighted by Gasteiger charge is 2.53. The molecule has 4 saturated carbocycles. The van der Waals surface area contributed by atoms with Crippen LogP contribution in [0.4, 0.5) is 14.5 Å². The van der Waals surface area contributed by atoms with Gasteiger partial charge in [0, 0.05) is 6.04 Å². The van der Waals surface area contributed by atoms with Crippen molar-refractivity contribution in [3.05, 3.63) is 29.8 Å². The molecule has 1 N–H and O–H groups in total. The molecule has 1 nitrogen and oxygen atoms in total. The normalized spacial score (nSPS) is 38.5. The second-order valence-corrected chi connectivity index (χ2v) is 7.77. The van der Waals surface area contributed by atoms with Gasteiger partial charge in [0.1, 0.15) is 11.6 Å². The first-order chi connectivity index (χ1) is 10.0. The molecule has 1 aromatic carbocycles. The van der Waals surface area contributed by atoms with Gasteiger partial charge in [-0.15, -0.1) is 0 Å². The van der Waals surface area contributed by atoms with Gasteiger partial charge < -0.3 is 5.32 Å². The zero-order valence-electron chi connectivity index (χ0n) is 12.5. The van der Waals surface area contributed by atoms with Crippen LogP contribution < -0.4 is 5.32 Å². The predicted octanol–water partition coefficient (Wildman–Crippen LogP) is 4.98. The third-order valence-corrected chi connectivity index (χ3v) is 6.30. The fourth-order valence-electron chi connectivity index (χ4n) is 5.70. The molecule has 1 aromatic rings. The predicted molar refractivity (Wildman–Crippen MR) is 80.0 cm³/mol. The molecule has 4 aliphatic rings. The van der Waals surface area contributed by atoms with Crippen molar-refractivity contribution in [2.24, 2.45) is 23.2 Å². The number of nitrogens with one attached hydrogen (secondary N) is 1. The van der Waals surface area contributed by atoms with Crippen LogP contribution >= 0.6 is 0 Å². The molecule has 0 heterocycles. The van der Waals surface area contributed by atoms with Crippen LogP contribution in [0.15, 0.2) is 18.2 Å². The Hall–Kier alpha value is -1.12. The van der Waals surface area contributed by atoms with Crippen LogP contribution in [0.1, 0.15) is 45.4 Å². The third kappa shape index (κ3) is 2.25. The summed E-state index contributed by atoms with van der Waals surface area (Å²) in [5.41, 5.74) is 0.617. The SMILES string of the molecule is CC(Nc1cc(F)ccc1F)C12CC3CC(CC(C3)C1)C2. The van der Waals surface area contributed by atoms with E-state index < -0.39 is 0 Å². The van der Waals surface area contributed by atoms with E-state index in [4.69, 9.17) is 0 Å². The summed E-state index contributed by atoms with van der Waals surface area (Å²) in [6.45, 7) is 2.16. The maximum absolute atomic E-state index is 13.9. The van der Waals surface area contributed by atoms with Crippen LogP contribution in [0.25, 0.3) is 0 Å². The van der Waals surface area contributed by atoms with Crippen LogP contribution in [0.3, 0.4) is 0 Å². The van der Waals surface area contributed by atoms with Gasteiger partial charge in [-0.2, -0.15) is 0 Å². The van der Waals surface area contributed by atoms with E-state index in [0.29, 0.717) is 11.1 Å². The van der Waals surface area contributed by atoms with Gasteiger partial charge in [0.2, 0.25) is 0 Å². The van der Waals surface area contributed by atoms with Gasteiger partial charge in [0.25, 0.3) is 0 Å². The molecule has 1 unspecified atom stereocenters. The quantitative estimate of drug-likeness (QED) is 0.828. The molecule has 3 heteroatoms. The van der Waals surface area contributed by atoms with Crippen LogP contribution in [0, 0.1) is 34.8 Å². The number of benzene rings is 1. The molecule has 1 atom stereocenters. The highest BCUT2D eigenvalue weighted by Crippen LogP contribution is 2.61. The first-order valence-corrected chi connectivity index (χ1v) is 8.26. The first kappa shape index (κ1) is 13.5. The number of anilines is 1. The van der Waals surface area contributed by atoms with Crippen LogP contribution in [0.5, 0.6) is 0 Å². The average molecular weight is 291 g/mol. The summed E-state index contributed by atoms with van der Waals surface area (Å²) >= 11 is 0. The van der Waals surface area contributed by atoms with Crippen molar-refractivity contribution in [3.8, 4) is 0 Å². The van der Waals surface area contributed by atoms with Crippen molar-refractivity contribution in [3.63, 3.8) is 0 Å². The zero-order valence-corrected chi connectivity index (χ0v) is 12.5. The Morgan fingerprint density at radius 2 is 1.62 bits per heavy atom. The van der Waals surface area contributed by atoms with Gasteiger partial charge in [0.05, 0.1) is 5.69 Å². The van der Waals surface area contributed by atoms with Gasteiger partial charge in [0.15, 0.2) is 0 Å². The standard InChI is InChI=1S/C18H23F2N/c1-11(21-17-7-15(19)2-3-16(17)20)18-8-12-4-13(9-18)6-14(5-12)10-18/h2-3,7,11-14,21H,4-6,8-10H2,1H3. The molecule has 114 valence electrons. The van der Waals surface area contributed by atoms with E-state index in [-0.39, 0.29) is 17.7 Å². The molecular formula is C18H23F2N. The van der Waals surface area contributed by atoms with Gasteiger partial charge in [-0.3, -0.25) is 0 Å². The van der Waals surface area contributed by atoms with E-state index in [1.54, 1.807) is 0 Å². The molecule has 0 aromatic heterocycles. The Labute approximate surface area is 125 Å². The summed E-state index contributed by atoms with van der Waals surface area (Å²) in [5.74, 6) is 1.89. The minimum atomic E-state index is -0.378. The number of hydrogen-bond donors (Lipinski definition) is 1. The summed E-state index contributed by atoms with van der Waals surface area (Å²) in [5, 5.41) is 3.29. The van der Waals surface area contributed by atoms with E-state index in [1.165, 1.54) is 56.7 Å². The molecule has 0 amide bonds. The Balaban J connectivity index is 1.57. The molecule has 21 heavy (non-hydrogen) atoms. The third-order valence-electron chi connectivity index (χ3n) is 6.30. The van der Waals surface area contributed by atoms with Crippen molar-refractivity contribution in [1.82, 2.24) is 0 Å². The van der Waals surface area contributed by atoms with Gasteiger partial charge >= 0.3 is 0 Å². The van der Waals surface area contributed by atoms with Crippen molar-refractivity contribution in [2.45, 2.75) is 51.5 Å². The van der Waals surface area contributed by atoms with E-state index >= 15 is 0 Å². The molecule has 0 radical (unpaired) electrons. The number of rotatable bonds is 3. The lowest BCUT2D eigenvalue weighted by Crippen LogP contribution is -2.53. The van der Waals surface area contributed by atoms with E-state index in [9.17, 15) is 8.78 Å². The van der Waals surface area contributed by atoms with Crippen molar-refractivity contribution < 1.29 is 8.78 Å². The van der Waals surface area contributed by atoms with Crippen molar-refractivity contribution >= 4 is 5.69 Å². The van der Waals surface area contributed by atoms with Crippen molar-refractivity contribution in [1.29, 1.82) is 0 Å². The Bertz CT molecular complexity index is 519. The molecule has 4 bridgehead atoms. The van der Waals surface area contributed by atoms with Gasteiger partial charge in [-0.25, -0.2) is 8.78 Å². The summed E-state index contributed by atoms with van der Waals surface area (Å²) < 4.78 is 27.2. The second kappa shape index (κ2) is 4.69. The van der Waals surface area contributed by atoms with Gasteiger partial charge in [-0.1, -0.05) is 0 Å². The Kier molecular flexibility index (Phi) is 3.02. The Morgan fingerprint density at radius 3 is 2.19 bits per heavy atom. The molecular weight excluding hydrogens is 268 g/mol. The molecule has 5 rings (SSSR count). The van der Waals surface area contributed by atoms with E-state index in [0.717, 1.165) is 17.8 Å². The fourth-order valence-corrected chi connectivity index (χ4v) is 5.70. The second-order valence-electron chi connectivity index (χ2n) is 7.77. The largest absolute Gasteiger partial charge is 0.380 e. The topological polar surface area (TPSA) is 12.0 Å². The van der Waals surface area contributed by atoms with Crippen molar-refractivity contribution in [2.75, 3.05) is 5.32 Å². The lowest BCUT2D eigenvalue weighted by Gasteiger charge is -2.59. The molecule has 4 aliphatic carbocycles. The fraction of sp³-hybridized carbons (Fsp3) is 0.667. The molecule has 0 saturated heterocycles.